The maximum Gasteiger partial charge on any atom is 0.254 e. The van der Waals surface area contributed by atoms with Crippen LogP contribution >= 0.6 is 24.8 Å². The molecular weight excluding hydrogens is 307 g/mol. The predicted molar refractivity (Wildman–Crippen MR) is 78.6 cm³/mol. The zero-order valence-corrected chi connectivity index (χ0v) is 12.3. The Kier molecular flexibility index (Phi) is 6.21. The third-order valence-corrected chi connectivity index (χ3v) is 2.81. The molecule has 1 heterocycles. The first-order chi connectivity index (χ1) is 8.46. The summed E-state index contributed by atoms with van der Waals surface area (Å²) in [6.45, 7) is 0. The van der Waals surface area contributed by atoms with Gasteiger partial charge in [0.05, 0.1) is 24.5 Å². The average molecular weight is 323 g/mol. The summed E-state index contributed by atoms with van der Waals surface area (Å²) >= 11 is 0. The highest BCUT2D eigenvalue weighted by Gasteiger charge is 2.46. The van der Waals surface area contributed by atoms with Gasteiger partial charge in [-0.15, -0.1) is 24.8 Å². The van der Waals surface area contributed by atoms with Crippen LogP contribution in [0.25, 0.3) is 0 Å². The van der Waals surface area contributed by atoms with E-state index >= 15 is 0 Å². The molecule has 1 fully saturated rings. The average Bonchev–Trinajstić information content (AvgIpc) is 3.08. The summed E-state index contributed by atoms with van der Waals surface area (Å²) in [4.78, 5) is 26.8. The number of pyridine rings is 1. The number of carbonyl (C=O) groups excluding carboxylic acids is 2. The molecule has 0 spiro atoms. The van der Waals surface area contributed by atoms with Gasteiger partial charge in [0.15, 0.2) is 0 Å². The number of nitrogens with one attached hydrogen (secondary N) is 1. The third-order valence-electron chi connectivity index (χ3n) is 2.81. The zero-order valence-electron chi connectivity index (χ0n) is 10.7. The van der Waals surface area contributed by atoms with Crippen LogP contribution in [-0.4, -0.2) is 29.4 Å². The van der Waals surface area contributed by atoms with E-state index < -0.39 is 11.4 Å². The monoisotopic (exact) mass is 322 g/mol. The Morgan fingerprint density at radius 3 is 2.45 bits per heavy atom. The first-order valence-corrected chi connectivity index (χ1v) is 5.40. The van der Waals surface area contributed by atoms with Gasteiger partial charge in [0, 0.05) is 0 Å². The van der Waals surface area contributed by atoms with Gasteiger partial charge in [-0.05, 0) is 18.9 Å². The summed E-state index contributed by atoms with van der Waals surface area (Å²) in [6.07, 6.45) is 2.70. The van der Waals surface area contributed by atoms with Crippen LogP contribution in [0.5, 0.6) is 5.88 Å². The number of primary amides is 1. The van der Waals surface area contributed by atoms with Crippen molar-refractivity contribution in [1.82, 2.24) is 4.98 Å². The Bertz CT molecular complexity index is 520. The second-order valence-corrected chi connectivity index (χ2v) is 4.26. The van der Waals surface area contributed by atoms with Crippen molar-refractivity contribution in [2.24, 2.45) is 11.5 Å². The fraction of sp³-hybridized carbons (Fsp3) is 0.364. The van der Waals surface area contributed by atoms with E-state index in [2.05, 4.69) is 10.3 Å². The van der Waals surface area contributed by atoms with Crippen LogP contribution in [0.4, 0.5) is 5.69 Å². The summed E-state index contributed by atoms with van der Waals surface area (Å²) in [5.74, 6) is -0.844. The molecule has 1 saturated carbocycles. The summed E-state index contributed by atoms with van der Waals surface area (Å²) in [7, 11) is 1.38. The number of nitrogens with two attached hydrogens (primary N) is 2. The van der Waals surface area contributed by atoms with Crippen molar-refractivity contribution in [3.05, 3.63) is 17.8 Å². The molecule has 1 aromatic rings. The second-order valence-electron chi connectivity index (χ2n) is 4.26. The van der Waals surface area contributed by atoms with E-state index in [9.17, 15) is 9.59 Å². The molecule has 1 aliphatic carbocycles. The fourth-order valence-electron chi connectivity index (χ4n) is 1.48. The topological polar surface area (TPSA) is 120 Å². The third kappa shape index (κ3) is 3.72. The summed E-state index contributed by atoms with van der Waals surface area (Å²) in [5, 5.41) is 2.60. The number of halogens is 2. The largest absolute Gasteiger partial charge is 0.480 e. The SMILES string of the molecule is COc1ncc(NC(=O)C2(N)CC2)cc1C(N)=O.Cl.Cl. The van der Waals surface area contributed by atoms with Crippen LogP contribution in [0.15, 0.2) is 12.3 Å². The van der Waals surface area contributed by atoms with Crippen molar-refractivity contribution in [3.8, 4) is 5.88 Å². The molecule has 5 N–H and O–H groups in total. The molecule has 0 radical (unpaired) electrons. The molecule has 0 bridgehead atoms. The highest BCUT2D eigenvalue weighted by Crippen LogP contribution is 2.33. The Labute approximate surface area is 128 Å². The summed E-state index contributed by atoms with van der Waals surface area (Å²) in [6, 6.07) is 1.41. The van der Waals surface area contributed by atoms with E-state index in [0.717, 1.165) is 0 Å². The zero-order chi connectivity index (χ0) is 13.3. The van der Waals surface area contributed by atoms with Gasteiger partial charge in [0.2, 0.25) is 11.8 Å². The Balaban J connectivity index is 0.00000180. The minimum atomic E-state index is -0.785. The highest BCUT2D eigenvalue weighted by atomic mass is 35.5. The molecule has 7 nitrogen and oxygen atoms in total. The Morgan fingerprint density at radius 1 is 1.40 bits per heavy atom. The van der Waals surface area contributed by atoms with Gasteiger partial charge in [0.1, 0.15) is 5.56 Å². The minimum absolute atomic E-state index is 0. The molecule has 112 valence electrons. The van der Waals surface area contributed by atoms with Crippen molar-refractivity contribution >= 4 is 42.3 Å². The molecule has 20 heavy (non-hydrogen) atoms. The highest BCUT2D eigenvalue weighted by molar-refractivity contribution is 6.01. The van der Waals surface area contributed by atoms with Crippen molar-refractivity contribution in [2.75, 3.05) is 12.4 Å². The minimum Gasteiger partial charge on any atom is -0.480 e. The van der Waals surface area contributed by atoms with E-state index in [1.807, 2.05) is 0 Å². The van der Waals surface area contributed by atoms with Crippen LogP contribution in [-0.2, 0) is 4.79 Å². The number of anilines is 1. The standard InChI is InChI=1S/C11H14N4O3.2ClH/c1-18-9-7(8(12)16)4-6(5-14-9)15-10(17)11(13)2-3-11;;/h4-5H,2-3,13H2,1H3,(H2,12,16)(H,15,17);2*1H. The van der Waals surface area contributed by atoms with Crippen LogP contribution < -0.4 is 21.5 Å². The van der Waals surface area contributed by atoms with Crippen molar-refractivity contribution in [2.45, 2.75) is 18.4 Å². The molecule has 0 aromatic carbocycles. The fourth-order valence-corrected chi connectivity index (χ4v) is 1.48. The Morgan fingerprint density at radius 2 is 2.00 bits per heavy atom. The van der Waals surface area contributed by atoms with Crippen LogP contribution in [0.2, 0.25) is 0 Å². The number of ether oxygens (including phenoxy) is 1. The van der Waals surface area contributed by atoms with E-state index in [4.69, 9.17) is 16.2 Å². The van der Waals surface area contributed by atoms with Gasteiger partial charge < -0.3 is 21.5 Å². The lowest BCUT2D eigenvalue weighted by Crippen LogP contribution is -2.37. The maximum absolute atomic E-state index is 11.7. The molecule has 0 saturated heterocycles. The van der Waals surface area contributed by atoms with Gasteiger partial charge in [-0.3, -0.25) is 9.59 Å². The Hall–Kier alpha value is -1.57. The van der Waals surface area contributed by atoms with Gasteiger partial charge in [-0.2, -0.15) is 0 Å². The van der Waals surface area contributed by atoms with E-state index in [0.29, 0.717) is 18.5 Å². The van der Waals surface area contributed by atoms with Crippen molar-refractivity contribution < 1.29 is 14.3 Å². The number of rotatable bonds is 4. The first kappa shape index (κ1) is 18.4. The number of carbonyl (C=O) groups is 2. The van der Waals surface area contributed by atoms with Gasteiger partial charge in [-0.25, -0.2) is 4.98 Å². The van der Waals surface area contributed by atoms with Gasteiger partial charge >= 0.3 is 0 Å². The first-order valence-electron chi connectivity index (χ1n) is 5.40. The quantitative estimate of drug-likeness (QED) is 0.743. The predicted octanol–water partition coefficient (Wildman–Crippen LogP) is 0.462. The van der Waals surface area contributed by atoms with E-state index in [1.54, 1.807) is 0 Å². The lowest BCUT2D eigenvalue weighted by molar-refractivity contribution is -0.118. The van der Waals surface area contributed by atoms with E-state index in [1.165, 1.54) is 19.4 Å². The van der Waals surface area contributed by atoms with Crippen LogP contribution in [0.1, 0.15) is 23.2 Å². The number of nitrogens with zero attached hydrogens (tertiary/aromatic N) is 1. The number of methoxy groups -OCH3 is 1. The summed E-state index contributed by atoms with van der Waals surface area (Å²) in [5.41, 5.74) is 10.6. The van der Waals surface area contributed by atoms with Crippen LogP contribution in [0.3, 0.4) is 0 Å². The number of aromatic nitrogens is 1. The lowest BCUT2D eigenvalue weighted by atomic mass is 10.2. The van der Waals surface area contributed by atoms with Crippen LogP contribution in [0, 0.1) is 0 Å². The smallest absolute Gasteiger partial charge is 0.254 e. The molecule has 9 heteroatoms. The number of hydrogen-bond donors (Lipinski definition) is 3. The number of hydrogen-bond acceptors (Lipinski definition) is 5. The maximum atomic E-state index is 11.7. The second kappa shape index (κ2) is 6.74. The van der Waals surface area contributed by atoms with Gasteiger partial charge in [-0.1, -0.05) is 0 Å². The number of amides is 2. The molecule has 0 aliphatic heterocycles. The normalized spacial score (nSPS) is 14.3. The van der Waals surface area contributed by atoms with Crippen molar-refractivity contribution in [3.63, 3.8) is 0 Å². The summed E-state index contributed by atoms with van der Waals surface area (Å²) < 4.78 is 4.90. The van der Waals surface area contributed by atoms with Crippen molar-refractivity contribution in [1.29, 1.82) is 0 Å². The molecule has 0 unspecified atom stereocenters. The molecule has 2 rings (SSSR count). The molecular formula is C11H16Cl2N4O3. The van der Waals surface area contributed by atoms with E-state index in [-0.39, 0.29) is 42.2 Å². The van der Waals surface area contributed by atoms with Gasteiger partial charge in [0.25, 0.3) is 5.91 Å². The molecule has 2 amide bonds. The lowest BCUT2D eigenvalue weighted by Gasteiger charge is -2.11. The molecule has 0 atom stereocenters. The molecule has 1 aromatic heterocycles. The molecule has 1 aliphatic rings.